The van der Waals surface area contributed by atoms with Gasteiger partial charge in [-0.2, -0.15) is 4.37 Å². The molecule has 0 saturated heterocycles. The molecule has 0 radical (unpaired) electrons. The predicted octanol–water partition coefficient (Wildman–Crippen LogP) is 2.94. The van der Waals surface area contributed by atoms with E-state index >= 15 is 0 Å². The van der Waals surface area contributed by atoms with Crippen LogP contribution in [0.3, 0.4) is 0 Å². The van der Waals surface area contributed by atoms with E-state index in [4.69, 9.17) is 4.55 Å². The Bertz CT molecular complexity index is 395. The molecule has 3 unspecified atom stereocenters. The van der Waals surface area contributed by atoms with E-state index in [1.807, 2.05) is 0 Å². The predicted molar refractivity (Wildman–Crippen MR) is 69.4 cm³/mol. The van der Waals surface area contributed by atoms with Gasteiger partial charge in [0.05, 0.1) is 0 Å². The van der Waals surface area contributed by atoms with Gasteiger partial charge >= 0.3 is 0 Å². The minimum atomic E-state index is -1.84. The third-order valence-corrected chi connectivity index (χ3v) is 4.86. The molecule has 4 nitrogen and oxygen atoms in total. The fourth-order valence-electron chi connectivity index (χ4n) is 2.49. The van der Waals surface area contributed by atoms with Gasteiger partial charge in [-0.3, -0.25) is 0 Å². The molecule has 1 heterocycles. The number of aromatic nitrogens is 2. The Balaban J connectivity index is 2.01. The molecule has 3 atom stereocenters. The number of hydrogen-bond acceptors (Lipinski definition) is 4. The van der Waals surface area contributed by atoms with Crippen molar-refractivity contribution in [2.45, 2.75) is 50.7 Å². The van der Waals surface area contributed by atoms with Crippen LogP contribution in [0.1, 0.15) is 55.8 Å². The fraction of sp³-hybridized carbons (Fsp3) is 0.818. The summed E-state index contributed by atoms with van der Waals surface area (Å²) in [6.07, 6.45) is 6.23. The first-order valence-electron chi connectivity index (χ1n) is 6.09. The Hall–Kier alpha value is -0.330. The quantitative estimate of drug-likeness (QED) is 0.857. The average Bonchev–Trinajstić information content (AvgIpc) is 2.77. The number of hydrogen-bond donors (Lipinski definition) is 1. The van der Waals surface area contributed by atoms with E-state index in [9.17, 15) is 4.21 Å². The van der Waals surface area contributed by atoms with Crippen molar-refractivity contribution in [3.8, 4) is 0 Å². The van der Waals surface area contributed by atoms with Gasteiger partial charge in [0.15, 0.2) is 16.9 Å². The highest BCUT2D eigenvalue weighted by Gasteiger charge is 2.25. The van der Waals surface area contributed by atoms with Crippen molar-refractivity contribution >= 4 is 22.6 Å². The van der Waals surface area contributed by atoms with E-state index in [2.05, 4.69) is 16.3 Å². The van der Waals surface area contributed by atoms with Crippen LogP contribution in [0.4, 0.5) is 0 Å². The van der Waals surface area contributed by atoms with Crippen LogP contribution in [0.5, 0.6) is 0 Å². The Morgan fingerprint density at radius 3 is 3.06 bits per heavy atom. The van der Waals surface area contributed by atoms with E-state index in [0.717, 1.165) is 10.9 Å². The maximum absolute atomic E-state index is 10.7. The van der Waals surface area contributed by atoms with E-state index in [1.54, 1.807) is 0 Å². The lowest BCUT2D eigenvalue weighted by Crippen LogP contribution is -2.13. The highest BCUT2D eigenvalue weighted by molar-refractivity contribution is 7.78. The van der Waals surface area contributed by atoms with Gasteiger partial charge in [-0.25, -0.2) is 9.19 Å². The van der Waals surface area contributed by atoms with Gasteiger partial charge in [0.2, 0.25) is 0 Å². The maximum Gasteiger partial charge on any atom is 0.160 e. The van der Waals surface area contributed by atoms with Crippen molar-refractivity contribution in [3.63, 3.8) is 0 Å². The van der Waals surface area contributed by atoms with E-state index < -0.39 is 11.1 Å². The first kappa shape index (κ1) is 13.1. The molecule has 1 aliphatic carbocycles. The van der Waals surface area contributed by atoms with Crippen LogP contribution in [0.25, 0.3) is 0 Å². The zero-order valence-corrected chi connectivity index (χ0v) is 11.6. The second-order valence-electron chi connectivity index (χ2n) is 4.65. The zero-order valence-electron chi connectivity index (χ0n) is 9.96. The van der Waals surface area contributed by atoms with Crippen molar-refractivity contribution in [3.05, 3.63) is 10.8 Å². The topological polar surface area (TPSA) is 63.1 Å². The molecule has 0 aliphatic heterocycles. The molecule has 0 bridgehead atoms. The van der Waals surface area contributed by atoms with Crippen LogP contribution < -0.4 is 0 Å². The van der Waals surface area contributed by atoms with Crippen LogP contribution >= 0.6 is 11.5 Å². The molecule has 17 heavy (non-hydrogen) atoms. The van der Waals surface area contributed by atoms with Gasteiger partial charge in [0.25, 0.3) is 0 Å². The van der Waals surface area contributed by atoms with Gasteiger partial charge in [0, 0.05) is 5.92 Å². The molecule has 1 aromatic rings. The molecule has 1 fully saturated rings. The number of nitrogens with zero attached hydrogens (tertiary/aromatic N) is 2. The first-order valence-corrected chi connectivity index (χ1v) is 8.14. The SMILES string of the molecule is CCC1CCCC(c2nc(CS(=O)O)ns2)C1. The highest BCUT2D eigenvalue weighted by Crippen LogP contribution is 2.37. The highest BCUT2D eigenvalue weighted by atomic mass is 32.2. The van der Waals surface area contributed by atoms with Gasteiger partial charge in [-0.1, -0.05) is 26.2 Å². The molecule has 1 saturated carbocycles. The largest absolute Gasteiger partial charge is 0.306 e. The van der Waals surface area contributed by atoms with E-state index in [-0.39, 0.29) is 5.75 Å². The lowest BCUT2D eigenvalue weighted by atomic mass is 9.80. The minimum absolute atomic E-state index is 0.0560. The van der Waals surface area contributed by atoms with Gasteiger partial charge < -0.3 is 4.55 Å². The summed E-state index contributed by atoms with van der Waals surface area (Å²) in [5, 5.41) is 1.06. The molecule has 1 aromatic heterocycles. The van der Waals surface area contributed by atoms with Crippen molar-refractivity contribution in [1.82, 2.24) is 9.36 Å². The summed E-state index contributed by atoms with van der Waals surface area (Å²) in [4.78, 5) is 4.40. The minimum Gasteiger partial charge on any atom is -0.306 e. The summed E-state index contributed by atoms with van der Waals surface area (Å²) >= 11 is -0.431. The third-order valence-electron chi connectivity index (χ3n) is 3.45. The average molecular weight is 274 g/mol. The van der Waals surface area contributed by atoms with Crippen LogP contribution in [0.15, 0.2) is 0 Å². The molecular weight excluding hydrogens is 256 g/mol. The lowest BCUT2D eigenvalue weighted by molar-refractivity contribution is 0.314. The fourth-order valence-corrected chi connectivity index (χ4v) is 3.73. The Morgan fingerprint density at radius 1 is 1.53 bits per heavy atom. The molecule has 0 aromatic carbocycles. The lowest BCUT2D eigenvalue weighted by Gasteiger charge is -2.26. The van der Waals surface area contributed by atoms with E-state index in [1.165, 1.54) is 43.6 Å². The summed E-state index contributed by atoms with van der Waals surface area (Å²) in [7, 11) is 0. The van der Waals surface area contributed by atoms with Crippen LogP contribution in [0.2, 0.25) is 0 Å². The first-order chi connectivity index (χ1) is 8.19. The van der Waals surface area contributed by atoms with Crippen molar-refractivity contribution < 1.29 is 8.76 Å². The summed E-state index contributed by atoms with van der Waals surface area (Å²) in [6.45, 7) is 2.24. The third kappa shape index (κ3) is 3.56. The van der Waals surface area contributed by atoms with Crippen LogP contribution in [0, 0.1) is 5.92 Å². The molecule has 1 N–H and O–H groups in total. The normalized spacial score (nSPS) is 26.9. The molecule has 6 heteroatoms. The maximum atomic E-state index is 10.7. The van der Waals surface area contributed by atoms with Crippen LogP contribution in [-0.2, 0) is 16.8 Å². The summed E-state index contributed by atoms with van der Waals surface area (Å²) in [5.41, 5.74) is 0. The molecule has 0 amide bonds. The molecular formula is C11H18N2O2S2. The van der Waals surface area contributed by atoms with Crippen molar-refractivity contribution in [2.24, 2.45) is 5.92 Å². The molecule has 0 spiro atoms. The Labute approximate surface area is 108 Å². The van der Waals surface area contributed by atoms with Crippen molar-refractivity contribution in [1.29, 1.82) is 0 Å². The Kier molecular flexibility index (Phi) is 4.64. The number of rotatable bonds is 4. The summed E-state index contributed by atoms with van der Waals surface area (Å²) < 4.78 is 23.7. The van der Waals surface area contributed by atoms with E-state index in [0.29, 0.717) is 11.7 Å². The summed E-state index contributed by atoms with van der Waals surface area (Å²) in [5.74, 6) is 1.91. The van der Waals surface area contributed by atoms with Gasteiger partial charge in [-0.05, 0) is 30.3 Å². The van der Waals surface area contributed by atoms with Crippen LogP contribution in [-0.4, -0.2) is 18.1 Å². The zero-order chi connectivity index (χ0) is 12.3. The monoisotopic (exact) mass is 274 g/mol. The molecule has 1 aliphatic rings. The second kappa shape index (κ2) is 6.02. The molecule has 2 rings (SSSR count). The standard InChI is InChI=1S/C11H18N2O2S2/c1-2-8-4-3-5-9(6-8)11-12-10(13-16-11)7-17(14)15/h8-9H,2-7H2,1H3,(H,14,15). The second-order valence-corrected chi connectivity index (χ2v) is 6.37. The summed E-state index contributed by atoms with van der Waals surface area (Å²) in [6, 6.07) is 0. The smallest absolute Gasteiger partial charge is 0.160 e. The van der Waals surface area contributed by atoms with Gasteiger partial charge in [-0.15, -0.1) is 0 Å². The van der Waals surface area contributed by atoms with Crippen molar-refractivity contribution in [2.75, 3.05) is 0 Å². The Morgan fingerprint density at radius 2 is 2.35 bits per heavy atom. The molecule has 96 valence electrons. The van der Waals surface area contributed by atoms with Gasteiger partial charge in [0.1, 0.15) is 10.8 Å².